The minimum atomic E-state index is -0.149. The molecule has 0 unspecified atom stereocenters. The van der Waals surface area contributed by atoms with E-state index in [4.69, 9.17) is 4.42 Å². The molecule has 3 aromatic rings. The summed E-state index contributed by atoms with van der Waals surface area (Å²) in [6.45, 7) is 0.548. The molecule has 1 N–H and O–H groups in total. The Kier molecular flexibility index (Phi) is 4.01. The third kappa shape index (κ3) is 2.97. The minimum Gasteiger partial charge on any atom is -0.457 e. The van der Waals surface area contributed by atoms with Crippen molar-refractivity contribution in [1.29, 1.82) is 0 Å². The average molecular weight is 345 g/mol. The third-order valence-electron chi connectivity index (χ3n) is 3.26. The van der Waals surface area contributed by atoms with Crippen LogP contribution in [0, 0.1) is 0 Å². The molecule has 0 saturated carbocycles. The summed E-state index contributed by atoms with van der Waals surface area (Å²) in [4.78, 5) is 16.4. The van der Waals surface area contributed by atoms with Gasteiger partial charge in [-0.25, -0.2) is 0 Å². The van der Waals surface area contributed by atoms with Crippen molar-refractivity contribution in [1.82, 2.24) is 10.3 Å². The van der Waals surface area contributed by atoms with Gasteiger partial charge in [0.1, 0.15) is 0 Å². The molecule has 0 atom stereocenters. The number of para-hydroxylation sites is 1. The summed E-state index contributed by atoms with van der Waals surface area (Å²) >= 11 is 3.20. The maximum absolute atomic E-state index is 12.0. The number of halogens is 1. The lowest BCUT2D eigenvalue weighted by molar-refractivity contribution is 0.0952. The molecule has 0 fully saturated rings. The van der Waals surface area contributed by atoms with Crippen LogP contribution in [0.25, 0.3) is 10.9 Å². The van der Waals surface area contributed by atoms with Crippen LogP contribution in [-0.2, 0) is 6.42 Å². The fourth-order valence-electron chi connectivity index (χ4n) is 2.23. The van der Waals surface area contributed by atoms with Gasteiger partial charge in [-0.1, -0.05) is 24.3 Å². The Morgan fingerprint density at radius 2 is 2.10 bits per heavy atom. The lowest BCUT2D eigenvalue weighted by Gasteiger charge is -2.07. The van der Waals surface area contributed by atoms with E-state index in [9.17, 15) is 4.79 Å². The molecular formula is C16H13BrN2O2. The van der Waals surface area contributed by atoms with Crippen LogP contribution in [0.1, 0.15) is 15.9 Å². The van der Waals surface area contributed by atoms with Gasteiger partial charge in [0.25, 0.3) is 5.91 Å². The zero-order valence-corrected chi connectivity index (χ0v) is 12.8. The Balaban J connectivity index is 1.67. The topological polar surface area (TPSA) is 55.1 Å². The molecule has 0 radical (unpaired) electrons. The number of carbonyl (C=O) groups excluding carboxylic acids is 1. The molecule has 0 aliphatic carbocycles. The van der Waals surface area contributed by atoms with E-state index in [0.717, 1.165) is 22.9 Å². The van der Waals surface area contributed by atoms with Gasteiger partial charge in [0.2, 0.25) is 0 Å². The summed E-state index contributed by atoms with van der Waals surface area (Å²) in [5.41, 5.74) is 2.62. The van der Waals surface area contributed by atoms with Crippen LogP contribution >= 0.6 is 15.9 Å². The van der Waals surface area contributed by atoms with Gasteiger partial charge in [-0.05, 0) is 40.0 Å². The first-order chi connectivity index (χ1) is 10.3. The minimum absolute atomic E-state index is 0.149. The number of furan rings is 1. The second kappa shape index (κ2) is 6.10. The fourth-order valence-corrected chi connectivity index (χ4v) is 2.65. The van der Waals surface area contributed by atoms with E-state index in [2.05, 4.69) is 26.2 Å². The Morgan fingerprint density at radius 3 is 2.90 bits per heavy atom. The Labute approximate surface area is 130 Å². The second-order valence-corrected chi connectivity index (χ2v) is 5.33. The first kappa shape index (κ1) is 13.8. The van der Waals surface area contributed by atoms with Gasteiger partial charge in [-0.3, -0.25) is 9.78 Å². The van der Waals surface area contributed by atoms with Crippen molar-refractivity contribution in [3.63, 3.8) is 0 Å². The number of hydrogen-bond acceptors (Lipinski definition) is 3. The van der Waals surface area contributed by atoms with Crippen LogP contribution in [-0.4, -0.2) is 17.4 Å². The zero-order valence-electron chi connectivity index (χ0n) is 11.2. The van der Waals surface area contributed by atoms with Gasteiger partial charge in [-0.15, -0.1) is 0 Å². The molecule has 0 aliphatic rings. The Hall–Kier alpha value is -2.14. The summed E-state index contributed by atoms with van der Waals surface area (Å²) in [6, 6.07) is 11.7. The molecule has 1 amide bonds. The molecule has 0 aliphatic heterocycles. The summed E-state index contributed by atoms with van der Waals surface area (Å²) in [5, 5.41) is 3.99. The number of pyridine rings is 1. The van der Waals surface area contributed by atoms with E-state index in [0.29, 0.717) is 16.8 Å². The molecule has 2 aromatic heterocycles. The van der Waals surface area contributed by atoms with E-state index < -0.39 is 0 Å². The van der Waals surface area contributed by atoms with E-state index in [1.165, 1.54) is 6.26 Å². The molecule has 3 rings (SSSR count). The molecule has 106 valence electrons. The summed E-state index contributed by atoms with van der Waals surface area (Å²) < 4.78 is 5.50. The lowest BCUT2D eigenvalue weighted by atomic mass is 10.1. The van der Waals surface area contributed by atoms with Crippen molar-refractivity contribution in [3.8, 4) is 0 Å². The van der Waals surface area contributed by atoms with Gasteiger partial charge in [0.05, 0.1) is 17.3 Å². The van der Waals surface area contributed by atoms with E-state index in [1.807, 2.05) is 30.3 Å². The highest BCUT2D eigenvalue weighted by molar-refractivity contribution is 9.10. The molecule has 0 bridgehead atoms. The number of benzene rings is 1. The number of rotatable bonds is 4. The molecular weight excluding hydrogens is 332 g/mol. The zero-order chi connectivity index (χ0) is 14.7. The summed E-state index contributed by atoms with van der Waals surface area (Å²) in [7, 11) is 0. The summed E-state index contributed by atoms with van der Waals surface area (Å²) in [6.07, 6.45) is 4.00. The molecule has 21 heavy (non-hydrogen) atoms. The number of carbonyl (C=O) groups is 1. The average Bonchev–Trinajstić information content (AvgIpc) is 2.93. The number of aromatic nitrogens is 1. The molecule has 1 aromatic carbocycles. The third-order valence-corrected chi connectivity index (χ3v) is 3.87. The first-order valence-electron chi connectivity index (χ1n) is 6.59. The number of nitrogens with one attached hydrogen (secondary N) is 1. The highest BCUT2D eigenvalue weighted by atomic mass is 79.9. The largest absolute Gasteiger partial charge is 0.457 e. The highest BCUT2D eigenvalue weighted by Gasteiger charge is 2.12. The van der Waals surface area contributed by atoms with Crippen LogP contribution in [0.3, 0.4) is 0 Å². The number of hydrogen-bond donors (Lipinski definition) is 1. The van der Waals surface area contributed by atoms with E-state index >= 15 is 0 Å². The first-order valence-corrected chi connectivity index (χ1v) is 7.39. The van der Waals surface area contributed by atoms with Crippen molar-refractivity contribution >= 4 is 32.7 Å². The van der Waals surface area contributed by atoms with E-state index in [1.54, 1.807) is 12.3 Å². The van der Waals surface area contributed by atoms with Crippen LogP contribution in [0.2, 0.25) is 0 Å². The van der Waals surface area contributed by atoms with Crippen molar-refractivity contribution in [3.05, 3.63) is 64.7 Å². The standard InChI is InChI=1S/C16H13BrN2O2/c17-15-13(7-10-21-15)16(20)19-9-6-12-4-1-3-11-5-2-8-18-14(11)12/h1-5,7-8,10H,6,9H2,(H,19,20). The molecule has 0 spiro atoms. The lowest BCUT2D eigenvalue weighted by Crippen LogP contribution is -2.25. The van der Waals surface area contributed by atoms with Crippen LogP contribution in [0.4, 0.5) is 0 Å². The predicted molar refractivity (Wildman–Crippen MR) is 84.2 cm³/mol. The van der Waals surface area contributed by atoms with Gasteiger partial charge in [0, 0.05) is 18.1 Å². The maximum atomic E-state index is 12.0. The van der Waals surface area contributed by atoms with Crippen molar-refractivity contribution in [2.24, 2.45) is 0 Å². The Bertz CT molecular complexity index is 777. The second-order valence-electron chi connectivity index (χ2n) is 4.61. The molecule has 5 heteroatoms. The Morgan fingerprint density at radius 1 is 1.24 bits per heavy atom. The van der Waals surface area contributed by atoms with Gasteiger partial charge in [-0.2, -0.15) is 0 Å². The predicted octanol–water partition coefficient (Wildman–Crippen LogP) is 3.56. The van der Waals surface area contributed by atoms with Crippen molar-refractivity contribution < 1.29 is 9.21 Å². The SMILES string of the molecule is O=C(NCCc1cccc2cccnc12)c1ccoc1Br. The summed E-state index contributed by atoms with van der Waals surface area (Å²) in [5.74, 6) is -0.149. The maximum Gasteiger partial charge on any atom is 0.255 e. The van der Waals surface area contributed by atoms with Gasteiger partial charge >= 0.3 is 0 Å². The molecule has 4 nitrogen and oxygen atoms in total. The van der Waals surface area contributed by atoms with Crippen LogP contribution < -0.4 is 5.32 Å². The highest BCUT2D eigenvalue weighted by Crippen LogP contribution is 2.18. The van der Waals surface area contributed by atoms with E-state index in [-0.39, 0.29) is 5.91 Å². The van der Waals surface area contributed by atoms with Crippen molar-refractivity contribution in [2.75, 3.05) is 6.54 Å². The van der Waals surface area contributed by atoms with Crippen LogP contribution in [0.5, 0.6) is 0 Å². The number of fused-ring (bicyclic) bond motifs is 1. The van der Waals surface area contributed by atoms with Crippen molar-refractivity contribution in [2.45, 2.75) is 6.42 Å². The monoisotopic (exact) mass is 344 g/mol. The number of amides is 1. The molecule has 2 heterocycles. The van der Waals surface area contributed by atoms with Gasteiger partial charge < -0.3 is 9.73 Å². The number of nitrogens with zero attached hydrogens (tertiary/aromatic N) is 1. The van der Waals surface area contributed by atoms with Crippen LogP contribution in [0.15, 0.2) is 57.9 Å². The molecule has 0 saturated heterocycles. The smallest absolute Gasteiger partial charge is 0.255 e. The quantitative estimate of drug-likeness (QED) is 0.787. The fraction of sp³-hybridized carbons (Fsp3) is 0.125. The van der Waals surface area contributed by atoms with Gasteiger partial charge in [0.15, 0.2) is 4.67 Å². The normalized spacial score (nSPS) is 10.7.